The third kappa shape index (κ3) is 8.54. The van der Waals surface area contributed by atoms with Crippen molar-refractivity contribution in [1.82, 2.24) is 0 Å². The SMILES string of the molecule is N[C@H]1CO[C@H](COCCC(=O)O)[C@@H](OCCC(=O)O)[C@@H]1OCCC(=O)O. The van der Waals surface area contributed by atoms with Gasteiger partial charge in [-0.1, -0.05) is 0 Å². The molecule has 11 heteroatoms. The summed E-state index contributed by atoms with van der Waals surface area (Å²) in [5.74, 6) is -3.06. The van der Waals surface area contributed by atoms with Gasteiger partial charge in [0, 0.05) is 0 Å². The topological polar surface area (TPSA) is 175 Å². The van der Waals surface area contributed by atoms with E-state index in [2.05, 4.69) is 0 Å². The molecule has 0 amide bonds. The Labute approximate surface area is 150 Å². The summed E-state index contributed by atoms with van der Waals surface area (Å²) in [6, 6.07) is -0.589. The van der Waals surface area contributed by atoms with E-state index in [1.807, 2.05) is 0 Å². The van der Waals surface area contributed by atoms with Crippen LogP contribution < -0.4 is 5.73 Å². The monoisotopic (exact) mass is 379 g/mol. The number of hydrogen-bond acceptors (Lipinski definition) is 8. The van der Waals surface area contributed by atoms with Gasteiger partial charge in [-0.3, -0.25) is 14.4 Å². The fraction of sp³-hybridized carbons (Fsp3) is 0.800. The summed E-state index contributed by atoms with van der Waals surface area (Å²) in [4.78, 5) is 31.8. The average molecular weight is 379 g/mol. The van der Waals surface area contributed by atoms with Gasteiger partial charge in [0.25, 0.3) is 0 Å². The van der Waals surface area contributed by atoms with Crippen molar-refractivity contribution in [2.24, 2.45) is 5.73 Å². The van der Waals surface area contributed by atoms with E-state index in [0.29, 0.717) is 0 Å². The molecule has 1 heterocycles. The lowest BCUT2D eigenvalue weighted by Gasteiger charge is -2.41. The predicted molar refractivity (Wildman–Crippen MR) is 84.8 cm³/mol. The number of carbonyl (C=O) groups is 3. The van der Waals surface area contributed by atoms with Crippen LogP contribution in [0.2, 0.25) is 0 Å². The minimum absolute atomic E-state index is 0.0104. The van der Waals surface area contributed by atoms with Crippen LogP contribution in [0.1, 0.15) is 19.3 Å². The van der Waals surface area contributed by atoms with Crippen molar-refractivity contribution in [2.45, 2.75) is 43.6 Å². The molecule has 0 aromatic heterocycles. The first-order valence-electron chi connectivity index (χ1n) is 8.14. The van der Waals surface area contributed by atoms with Crippen LogP contribution in [0.3, 0.4) is 0 Å². The smallest absolute Gasteiger partial charge is 0.305 e. The molecule has 26 heavy (non-hydrogen) atoms. The number of aliphatic carboxylic acids is 3. The molecule has 11 nitrogen and oxygen atoms in total. The van der Waals surface area contributed by atoms with Gasteiger partial charge in [-0.15, -0.1) is 0 Å². The number of ether oxygens (including phenoxy) is 4. The minimum Gasteiger partial charge on any atom is -0.481 e. The van der Waals surface area contributed by atoms with Crippen molar-refractivity contribution in [2.75, 3.05) is 33.0 Å². The summed E-state index contributed by atoms with van der Waals surface area (Å²) in [6.07, 6.45) is -2.74. The summed E-state index contributed by atoms with van der Waals surface area (Å²) in [5.41, 5.74) is 5.96. The van der Waals surface area contributed by atoms with Crippen molar-refractivity contribution in [3.05, 3.63) is 0 Å². The third-order valence-corrected chi connectivity index (χ3v) is 3.61. The maximum atomic E-state index is 10.7. The van der Waals surface area contributed by atoms with Gasteiger partial charge < -0.3 is 40.0 Å². The summed E-state index contributed by atoms with van der Waals surface area (Å²) in [7, 11) is 0. The molecule has 0 aromatic carbocycles. The number of carboxylic acids is 3. The lowest BCUT2D eigenvalue weighted by Crippen LogP contribution is -2.59. The van der Waals surface area contributed by atoms with Crippen LogP contribution >= 0.6 is 0 Å². The molecule has 0 saturated carbocycles. The van der Waals surface area contributed by atoms with Crippen molar-refractivity contribution in [3.8, 4) is 0 Å². The van der Waals surface area contributed by atoms with Gasteiger partial charge in [-0.2, -0.15) is 0 Å². The Balaban J connectivity index is 2.66. The molecule has 1 aliphatic rings. The van der Waals surface area contributed by atoms with E-state index >= 15 is 0 Å². The summed E-state index contributed by atoms with van der Waals surface area (Å²) in [6.45, 7) is -0.0901. The Bertz CT molecular complexity index is 471. The zero-order valence-corrected chi connectivity index (χ0v) is 14.2. The highest BCUT2D eigenvalue weighted by molar-refractivity contribution is 5.67. The Morgan fingerprint density at radius 1 is 0.885 bits per heavy atom. The van der Waals surface area contributed by atoms with Crippen molar-refractivity contribution in [3.63, 3.8) is 0 Å². The van der Waals surface area contributed by atoms with Crippen LogP contribution in [0.15, 0.2) is 0 Å². The van der Waals surface area contributed by atoms with E-state index in [9.17, 15) is 14.4 Å². The second kappa shape index (κ2) is 11.8. The quantitative estimate of drug-likeness (QED) is 0.286. The van der Waals surface area contributed by atoms with E-state index in [1.165, 1.54) is 0 Å². The van der Waals surface area contributed by atoms with Gasteiger partial charge in [0.2, 0.25) is 0 Å². The zero-order chi connectivity index (χ0) is 19.5. The molecule has 0 unspecified atom stereocenters. The molecule has 1 rings (SSSR count). The molecule has 5 N–H and O–H groups in total. The van der Waals surface area contributed by atoms with E-state index < -0.39 is 42.3 Å². The first kappa shape index (κ1) is 22.3. The lowest BCUT2D eigenvalue weighted by molar-refractivity contribution is -0.199. The largest absolute Gasteiger partial charge is 0.481 e. The van der Waals surface area contributed by atoms with Crippen LogP contribution in [0.4, 0.5) is 0 Å². The van der Waals surface area contributed by atoms with Crippen LogP contribution in [-0.2, 0) is 33.3 Å². The Morgan fingerprint density at radius 2 is 1.38 bits per heavy atom. The van der Waals surface area contributed by atoms with E-state index in [4.69, 9.17) is 40.0 Å². The van der Waals surface area contributed by atoms with E-state index in [1.54, 1.807) is 0 Å². The Hall–Kier alpha value is -1.79. The average Bonchev–Trinajstić information content (AvgIpc) is 2.54. The van der Waals surface area contributed by atoms with Crippen LogP contribution in [0, 0.1) is 0 Å². The zero-order valence-electron chi connectivity index (χ0n) is 14.2. The predicted octanol–water partition coefficient (Wildman–Crippen LogP) is -1.08. The molecule has 0 radical (unpaired) electrons. The molecule has 0 spiro atoms. The van der Waals surface area contributed by atoms with Gasteiger partial charge >= 0.3 is 17.9 Å². The highest BCUT2D eigenvalue weighted by Crippen LogP contribution is 2.21. The number of nitrogens with two attached hydrogens (primary N) is 1. The lowest BCUT2D eigenvalue weighted by atomic mass is 9.98. The standard InChI is InChI=1S/C15H25NO10/c16-9-7-26-10(8-23-4-1-11(17)18)15(25-6-3-13(21)22)14(9)24-5-2-12(19)20/h9-10,14-15H,1-8,16H2,(H,17,18)(H,19,20)(H,21,22)/t9-,10+,14+,15+/m0/s1. The highest BCUT2D eigenvalue weighted by Gasteiger charge is 2.41. The second-order valence-corrected chi connectivity index (χ2v) is 5.71. The number of carboxylic acid groups (broad SMARTS) is 3. The molecule has 1 aliphatic heterocycles. The van der Waals surface area contributed by atoms with Gasteiger partial charge in [0.1, 0.15) is 18.3 Å². The molecule has 1 saturated heterocycles. The summed E-state index contributed by atoms with van der Waals surface area (Å²) >= 11 is 0. The summed E-state index contributed by atoms with van der Waals surface area (Å²) in [5, 5.41) is 26.1. The Kier molecular flexibility index (Phi) is 10.1. The fourth-order valence-corrected chi connectivity index (χ4v) is 2.37. The first-order valence-corrected chi connectivity index (χ1v) is 8.14. The second-order valence-electron chi connectivity index (χ2n) is 5.71. The van der Waals surface area contributed by atoms with Gasteiger partial charge in [-0.25, -0.2) is 0 Å². The van der Waals surface area contributed by atoms with E-state index in [-0.39, 0.29) is 52.3 Å². The molecule has 0 aliphatic carbocycles. The molecular weight excluding hydrogens is 354 g/mol. The Morgan fingerprint density at radius 3 is 1.92 bits per heavy atom. The van der Waals surface area contributed by atoms with Gasteiger partial charge in [0.05, 0.1) is 58.3 Å². The van der Waals surface area contributed by atoms with Crippen LogP contribution in [0.5, 0.6) is 0 Å². The highest BCUT2D eigenvalue weighted by atomic mass is 16.6. The molecular formula is C15H25NO10. The van der Waals surface area contributed by atoms with Crippen LogP contribution in [0.25, 0.3) is 0 Å². The van der Waals surface area contributed by atoms with E-state index in [0.717, 1.165) is 0 Å². The van der Waals surface area contributed by atoms with Gasteiger partial charge in [0.15, 0.2) is 0 Å². The van der Waals surface area contributed by atoms with Crippen LogP contribution in [-0.4, -0.2) is 90.6 Å². The van der Waals surface area contributed by atoms with Crippen molar-refractivity contribution < 1.29 is 48.7 Å². The van der Waals surface area contributed by atoms with Gasteiger partial charge in [-0.05, 0) is 0 Å². The maximum Gasteiger partial charge on any atom is 0.305 e. The maximum absolute atomic E-state index is 10.7. The molecule has 0 bridgehead atoms. The van der Waals surface area contributed by atoms with Crippen molar-refractivity contribution in [1.29, 1.82) is 0 Å². The number of rotatable bonds is 13. The minimum atomic E-state index is -1.04. The molecule has 150 valence electrons. The molecule has 1 fully saturated rings. The molecule has 0 aromatic rings. The fourth-order valence-electron chi connectivity index (χ4n) is 2.37. The summed E-state index contributed by atoms with van der Waals surface area (Å²) < 4.78 is 21.9. The van der Waals surface area contributed by atoms with Crippen molar-refractivity contribution >= 4 is 17.9 Å². The normalized spacial score (nSPS) is 25.7. The first-order chi connectivity index (χ1) is 12.3. The third-order valence-electron chi connectivity index (χ3n) is 3.61. The number of hydrogen-bond donors (Lipinski definition) is 4. The molecule has 4 atom stereocenters.